The number of hydrogen-bond acceptors (Lipinski definition) is 6. The van der Waals surface area contributed by atoms with E-state index in [2.05, 4.69) is 20.6 Å². The zero-order chi connectivity index (χ0) is 20.8. The van der Waals surface area contributed by atoms with Crippen LogP contribution in [-0.4, -0.2) is 51.3 Å². The molecule has 1 aliphatic heterocycles. The molecule has 29 heavy (non-hydrogen) atoms. The predicted octanol–water partition coefficient (Wildman–Crippen LogP) is 0.350. The first-order valence-electron chi connectivity index (χ1n) is 9.85. The fraction of sp³-hybridized carbons (Fsp3) is 0.450. The average Bonchev–Trinajstić information content (AvgIpc) is 3.47. The second-order valence-corrected chi connectivity index (χ2v) is 7.71. The van der Waals surface area contributed by atoms with Crippen molar-refractivity contribution in [3.05, 3.63) is 60.2 Å². The molecule has 4 atom stereocenters. The molecule has 1 amide bonds. The lowest BCUT2D eigenvalue weighted by Gasteiger charge is -2.22. The van der Waals surface area contributed by atoms with Crippen molar-refractivity contribution in [1.29, 1.82) is 0 Å². The third kappa shape index (κ3) is 6.33. The number of rotatable bonds is 10. The zero-order valence-electron chi connectivity index (χ0n) is 16.7. The van der Waals surface area contributed by atoms with Crippen molar-refractivity contribution in [2.24, 2.45) is 5.92 Å². The first-order valence-corrected chi connectivity index (χ1v) is 9.85. The van der Waals surface area contributed by atoms with Crippen LogP contribution < -0.4 is 10.6 Å². The number of epoxide rings is 1. The first kappa shape index (κ1) is 21.4. The van der Waals surface area contributed by atoms with Crippen LogP contribution in [0.5, 0.6) is 0 Å². The second kappa shape index (κ2) is 9.93. The highest BCUT2D eigenvalue weighted by Crippen LogP contribution is 2.35. The fourth-order valence-electron chi connectivity index (χ4n) is 3.25. The van der Waals surface area contributed by atoms with Crippen LogP contribution in [0, 0.1) is 5.92 Å². The number of ether oxygens (including phenoxy) is 1. The molecular weight excluding hydrogens is 371 g/mol. The maximum atomic E-state index is 13.0. The van der Waals surface area contributed by atoms with Crippen LogP contribution in [0.4, 0.5) is 0 Å². The second-order valence-electron chi connectivity index (χ2n) is 7.71. The Morgan fingerprint density at radius 1 is 1.31 bits per heavy atom. The molecule has 0 bridgehead atoms. The van der Waals surface area contributed by atoms with E-state index >= 15 is 0 Å². The molecule has 3 rings (SSSR count). The fourth-order valence-corrected chi connectivity index (χ4v) is 3.25. The summed E-state index contributed by atoms with van der Waals surface area (Å²) in [7, 11) is -1.37. The van der Waals surface area contributed by atoms with E-state index in [1.807, 2.05) is 44.2 Å². The van der Waals surface area contributed by atoms with E-state index in [0.29, 0.717) is 18.5 Å². The molecule has 1 aromatic carbocycles. The van der Waals surface area contributed by atoms with Gasteiger partial charge in [-0.15, -0.1) is 0 Å². The summed E-state index contributed by atoms with van der Waals surface area (Å²) in [4.78, 5) is 21.3. The van der Waals surface area contributed by atoms with E-state index < -0.39 is 19.1 Å². The predicted molar refractivity (Wildman–Crippen MR) is 110 cm³/mol. The van der Waals surface area contributed by atoms with Gasteiger partial charge in [0.2, 0.25) is 5.91 Å². The van der Waals surface area contributed by atoms with Gasteiger partial charge in [-0.25, -0.2) is 0 Å². The summed E-state index contributed by atoms with van der Waals surface area (Å²) in [5.74, 6) is -0.647. The third-order valence-corrected chi connectivity index (χ3v) is 4.76. The minimum atomic E-state index is -1.37. The van der Waals surface area contributed by atoms with Crippen LogP contribution in [0.15, 0.2) is 48.9 Å². The summed E-state index contributed by atoms with van der Waals surface area (Å²) in [6.07, 6.45) is 5.25. The summed E-state index contributed by atoms with van der Waals surface area (Å²) in [5, 5.41) is 23.5. The van der Waals surface area contributed by atoms with E-state index in [1.54, 1.807) is 18.6 Å². The molecule has 2 heterocycles. The Bertz CT molecular complexity index is 779. The number of carbonyl (C=O) groups excluding carboxylic acids is 1. The van der Waals surface area contributed by atoms with E-state index in [-0.39, 0.29) is 24.2 Å². The summed E-state index contributed by atoms with van der Waals surface area (Å²) in [5.41, 5.74) is 1.71. The number of benzene rings is 1. The first-order chi connectivity index (χ1) is 13.9. The van der Waals surface area contributed by atoms with Gasteiger partial charge in [0.15, 0.2) is 0 Å². The van der Waals surface area contributed by atoms with Gasteiger partial charge < -0.3 is 20.1 Å². The summed E-state index contributed by atoms with van der Waals surface area (Å²) in [6.45, 7) is 3.98. The maximum absolute atomic E-state index is 13.0. The summed E-state index contributed by atoms with van der Waals surface area (Å²) >= 11 is 0. The minimum Gasteiger partial charge on any atom is -0.525 e. The van der Waals surface area contributed by atoms with Crippen LogP contribution in [0.3, 0.4) is 0 Å². The van der Waals surface area contributed by atoms with Crippen molar-refractivity contribution in [2.75, 3.05) is 0 Å². The molecule has 2 unspecified atom stereocenters. The van der Waals surface area contributed by atoms with Crippen molar-refractivity contribution >= 4 is 13.0 Å². The maximum Gasteiger partial charge on any atom is 0.713 e. The Labute approximate surface area is 170 Å². The topological polar surface area (TPSA) is 123 Å². The molecule has 0 radical (unpaired) electrons. The van der Waals surface area contributed by atoms with E-state index in [1.165, 1.54) is 0 Å². The van der Waals surface area contributed by atoms with Crippen molar-refractivity contribution in [2.45, 2.75) is 51.0 Å². The Morgan fingerprint density at radius 2 is 2.07 bits per heavy atom. The number of amides is 1. The van der Waals surface area contributed by atoms with Gasteiger partial charge in [-0.05, 0) is 24.3 Å². The standard InChI is InChI=1S/C20H27BN4O4/c1-13(2)10-17(21(27)28)25-19(26)15(11-14-6-4-3-5-7-14)24-20-18(29-20)16-12-22-8-9-23-16/h3-9,12-13,15,17-18,20,24,27-28H,10-11H2,1-2H3,(H,25,26)/p+1/t15-,17-,18?,20?/m0/s1. The molecule has 1 aromatic heterocycles. The Balaban J connectivity index is 1.68. The van der Waals surface area contributed by atoms with Gasteiger partial charge in [0, 0.05) is 12.4 Å². The Morgan fingerprint density at radius 3 is 2.69 bits per heavy atom. The van der Waals surface area contributed by atoms with E-state index in [4.69, 9.17) is 9.76 Å². The van der Waals surface area contributed by atoms with Gasteiger partial charge in [-0.1, -0.05) is 44.2 Å². The largest absolute Gasteiger partial charge is 0.713 e. The molecule has 1 aliphatic rings. The van der Waals surface area contributed by atoms with Gasteiger partial charge in [0.25, 0.3) is 0 Å². The lowest BCUT2D eigenvalue weighted by molar-refractivity contribution is -0.123. The quantitative estimate of drug-likeness (QED) is 0.301. The zero-order valence-corrected chi connectivity index (χ0v) is 16.7. The molecule has 0 saturated carbocycles. The van der Waals surface area contributed by atoms with Crippen LogP contribution in [-0.2, 0) is 16.0 Å². The minimum absolute atomic E-state index is 0.244. The summed E-state index contributed by atoms with van der Waals surface area (Å²) in [6, 6.07) is 9.12. The van der Waals surface area contributed by atoms with Gasteiger partial charge >= 0.3 is 7.12 Å². The lowest BCUT2D eigenvalue weighted by atomic mass is 9.75. The highest BCUT2D eigenvalue weighted by Gasteiger charge is 2.44. The monoisotopic (exact) mass is 399 g/mol. The van der Waals surface area contributed by atoms with Gasteiger partial charge in [-0.3, -0.25) is 20.1 Å². The molecule has 0 spiro atoms. The van der Waals surface area contributed by atoms with Crippen LogP contribution >= 0.6 is 0 Å². The van der Waals surface area contributed by atoms with Crippen molar-refractivity contribution in [3.8, 4) is 0 Å². The molecule has 1 fully saturated rings. The highest BCUT2D eigenvalue weighted by molar-refractivity contribution is 6.43. The average molecular weight is 399 g/mol. The van der Waals surface area contributed by atoms with E-state index in [0.717, 1.165) is 5.56 Å². The smallest absolute Gasteiger partial charge is 0.525 e. The van der Waals surface area contributed by atoms with Crippen molar-refractivity contribution in [1.82, 2.24) is 20.6 Å². The number of hydrogen-bond donors (Lipinski definition) is 3. The molecule has 0 aliphatic carbocycles. The Hall–Kier alpha value is -2.33. The van der Waals surface area contributed by atoms with Crippen LogP contribution in [0.1, 0.15) is 37.6 Å². The lowest BCUT2D eigenvalue weighted by Crippen LogP contribution is -2.54. The normalized spacial score (nSPS) is 20.2. The van der Waals surface area contributed by atoms with Gasteiger partial charge in [0.05, 0.1) is 17.9 Å². The SMILES string of the molecule is CC(C)C[C@H](NC(=O)[C@H](Cc1ccccc1)NC1OC1c1cnccn1)B(O)[OH2+]. The molecule has 2 aromatic rings. The number of aromatic nitrogens is 2. The van der Waals surface area contributed by atoms with Gasteiger partial charge in [-0.2, -0.15) is 0 Å². The number of nitrogens with zero attached hydrogens (tertiary/aromatic N) is 2. The highest BCUT2D eigenvalue weighted by atomic mass is 16.6. The summed E-state index contributed by atoms with van der Waals surface area (Å²) < 4.78 is 5.66. The van der Waals surface area contributed by atoms with Crippen LogP contribution in [0.2, 0.25) is 0 Å². The molecule has 5 N–H and O–H groups in total. The number of carbonyl (C=O) groups is 1. The van der Waals surface area contributed by atoms with Crippen molar-refractivity contribution < 1.29 is 19.6 Å². The molecule has 1 saturated heterocycles. The third-order valence-electron chi connectivity index (χ3n) is 4.76. The number of nitrogens with one attached hydrogen (secondary N) is 2. The van der Waals surface area contributed by atoms with Crippen LogP contribution in [0.25, 0.3) is 0 Å². The molecule has 9 heteroatoms. The van der Waals surface area contributed by atoms with Gasteiger partial charge in [0.1, 0.15) is 18.3 Å². The Kier molecular flexibility index (Phi) is 7.32. The molecule has 154 valence electrons. The van der Waals surface area contributed by atoms with Crippen molar-refractivity contribution in [3.63, 3.8) is 0 Å². The molecular formula is C20H28BN4O4+. The molecule has 8 nitrogen and oxygen atoms in total. The van der Waals surface area contributed by atoms with E-state index in [9.17, 15) is 9.82 Å².